The van der Waals surface area contributed by atoms with Crippen LogP contribution in [-0.2, 0) is 21.3 Å². The molecule has 1 heterocycles. The number of benzene rings is 2. The summed E-state index contributed by atoms with van der Waals surface area (Å²) in [6.45, 7) is 3.43. The van der Waals surface area contributed by atoms with Gasteiger partial charge in [-0.1, -0.05) is 29.8 Å². The second-order valence-electron chi connectivity index (χ2n) is 6.31. The topological polar surface area (TPSA) is 75.7 Å². The number of hydrogen-bond donors (Lipinski definition) is 1. The van der Waals surface area contributed by atoms with Crippen LogP contribution in [-0.4, -0.2) is 44.9 Å². The molecule has 0 atom stereocenters. The summed E-state index contributed by atoms with van der Waals surface area (Å²) in [6.07, 6.45) is 0. The van der Waals surface area contributed by atoms with Crippen LogP contribution in [0.2, 0.25) is 5.02 Å². The zero-order valence-electron chi connectivity index (χ0n) is 14.9. The highest BCUT2D eigenvalue weighted by Crippen LogP contribution is 2.22. The molecule has 0 bridgehead atoms. The van der Waals surface area contributed by atoms with Gasteiger partial charge in [0.25, 0.3) is 5.91 Å². The fourth-order valence-electron chi connectivity index (χ4n) is 2.83. The van der Waals surface area contributed by atoms with E-state index in [0.717, 1.165) is 5.56 Å². The monoisotopic (exact) mass is 408 g/mol. The van der Waals surface area contributed by atoms with Crippen LogP contribution in [0.1, 0.15) is 21.5 Å². The normalized spacial score (nSPS) is 15.5. The maximum absolute atomic E-state index is 12.9. The highest BCUT2D eigenvalue weighted by molar-refractivity contribution is 7.89. The Morgan fingerprint density at radius 1 is 1.15 bits per heavy atom. The molecule has 3 rings (SSSR count). The highest BCUT2D eigenvalue weighted by atomic mass is 35.5. The molecule has 2 aromatic rings. The lowest BCUT2D eigenvalue weighted by Crippen LogP contribution is -2.41. The molecule has 8 heteroatoms. The Kier molecular flexibility index (Phi) is 6.16. The van der Waals surface area contributed by atoms with E-state index < -0.39 is 10.0 Å². The molecular formula is C19H21ClN2O4S. The molecule has 1 fully saturated rings. The van der Waals surface area contributed by atoms with E-state index in [1.165, 1.54) is 10.4 Å². The molecule has 1 saturated heterocycles. The molecule has 144 valence electrons. The van der Waals surface area contributed by atoms with Gasteiger partial charge in [-0.15, -0.1) is 0 Å². The second kappa shape index (κ2) is 8.39. The average molecular weight is 409 g/mol. The lowest BCUT2D eigenvalue weighted by atomic mass is 10.1. The van der Waals surface area contributed by atoms with E-state index in [1.807, 2.05) is 12.1 Å². The number of amides is 1. The maximum atomic E-state index is 12.9. The molecule has 2 aromatic carbocycles. The van der Waals surface area contributed by atoms with E-state index in [2.05, 4.69) is 5.32 Å². The summed E-state index contributed by atoms with van der Waals surface area (Å²) in [7, 11) is -3.66. The number of nitrogens with one attached hydrogen (secondary N) is 1. The lowest BCUT2D eigenvalue weighted by Gasteiger charge is -2.26. The number of nitrogens with zero attached hydrogens (tertiary/aromatic N) is 1. The van der Waals surface area contributed by atoms with Gasteiger partial charge >= 0.3 is 0 Å². The van der Waals surface area contributed by atoms with E-state index >= 15 is 0 Å². The van der Waals surface area contributed by atoms with Crippen molar-refractivity contribution in [2.75, 3.05) is 26.3 Å². The Balaban J connectivity index is 1.77. The minimum atomic E-state index is -3.66. The minimum absolute atomic E-state index is 0.156. The van der Waals surface area contributed by atoms with Crippen LogP contribution >= 0.6 is 11.6 Å². The zero-order chi connectivity index (χ0) is 19.4. The van der Waals surface area contributed by atoms with E-state index in [0.29, 0.717) is 49.0 Å². The molecular weight excluding hydrogens is 388 g/mol. The second-order valence-corrected chi connectivity index (χ2v) is 8.65. The van der Waals surface area contributed by atoms with Crippen LogP contribution in [0.25, 0.3) is 0 Å². The maximum Gasteiger partial charge on any atom is 0.251 e. The van der Waals surface area contributed by atoms with E-state index in [9.17, 15) is 13.2 Å². The fraction of sp³-hybridized carbons (Fsp3) is 0.316. The first-order valence-electron chi connectivity index (χ1n) is 8.59. The first kappa shape index (κ1) is 19.8. The van der Waals surface area contributed by atoms with Gasteiger partial charge in [-0.2, -0.15) is 4.31 Å². The molecule has 1 aliphatic rings. The molecule has 0 aliphatic carbocycles. The molecule has 0 spiro atoms. The van der Waals surface area contributed by atoms with Gasteiger partial charge in [-0.3, -0.25) is 4.79 Å². The quantitative estimate of drug-likeness (QED) is 0.825. The van der Waals surface area contributed by atoms with Crippen molar-refractivity contribution in [3.8, 4) is 0 Å². The molecule has 0 saturated carbocycles. The third-order valence-corrected chi connectivity index (χ3v) is 6.70. The molecule has 27 heavy (non-hydrogen) atoms. The Morgan fingerprint density at radius 3 is 2.48 bits per heavy atom. The summed E-state index contributed by atoms with van der Waals surface area (Å²) in [5, 5.41) is 3.43. The standard InChI is InChI=1S/C19H21ClN2O4S/c1-14-2-5-16(19(23)21-13-15-3-6-17(20)7-4-15)12-18(14)27(24,25)22-8-10-26-11-9-22/h2-7,12H,8-11,13H2,1H3,(H,21,23). The number of halogens is 1. The van der Waals surface area contributed by atoms with Gasteiger partial charge in [0.05, 0.1) is 18.1 Å². The van der Waals surface area contributed by atoms with Crippen LogP contribution in [0, 0.1) is 6.92 Å². The summed E-state index contributed by atoms with van der Waals surface area (Å²) in [5.41, 5.74) is 1.82. The van der Waals surface area contributed by atoms with E-state index in [-0.39, 0.29) is 10.8 Å². The third kappa shape index (κ3) is 4.68. The number of carbonyl (C=O) groups is 1. The van der Waals surface area contributed by atoms with Crippen molar-refractivity contribution in [2.45, 2.75) is 18.4 Å². The van der Waals surface area contributed by atoms with Crippen molar-refractivity contribution in [2.24, 2.45) is 0 Å². The number of carbonyl (C=O) groups excluding carboxylic acids is 1. The Bertz CT molecular complexity index is 923. The van der Waals surface area contributed by atoms with Gasteiger partial charge < -0.3 is 10.1 Å². The Morgan fingerprint density at radius 2 is 1.81 bits per heavy atom. The predicted molar refractivity (Wildman–Crippen MR) is 103 cm³/mol. The minimum Gasteiger partial charge on any atom is -0.379 e. The van der Waals surface area contributed by atoms with E-state index in [1.54, 1.807) is 31.2 Å². The first-order valence-corrected chi connectivity index (χ1v) is 10.4. The number of hydrogen-bond acceptors (Lipinski definition) is 4. The van der Waals surface area contributed by atoms with Crippen molar-refractivity contribution < 1.29 is 17.9 Å². The molecule has 1 aliphatic heterocycles. The van der Waals surface area contributed by atoms with Crippen LogP contribution in [0.5, 0.6) is 0 Å². The molecule has 0 radical (unpaired) electrons. The fourth-order valence-corrected chi connectivity index (χ4v) is 4.62. The molecule has 6 nitrogen and oxygen atoms in total. The van der Waals surface area contributed by atoms with Crippen molar-refractivity contribution >= 4 is 27.5 Å². The zero-order valence-corrected chi connectivity index (χ0v) is 16.5. The van der Waals surface area contributed by atoms with Gasteiger partial charge in [0.15, 0.2) is 0 Å². The van der Waals surface area contributed by atoms with Crippen LogP contribution in [0.3, 0.4) is 0 Å². The third-order valence-electron chi connectivity index (χ3n) is 4.40. The number of sulfonamides is 1. The first-order chi connectivity index (χ1) is 12.9. The summed E-state index contributed by atoms with van der Waals surface area (Å²) in [6, 6.07) is 11.9. The van der Waals surface area contributed by atoms with Crippen LogP contribution in [0.15, 0.2) is 47.4 Å². The number of morpholine rings is 1. The van der Waals surface area contributed by atoms with Gasteiger partial charge in [0.1, 0.15) is 0 Å². The Labute approximate surface area is 164 Å². The predicted octanol–water partition coefficient (Wildman–Crippen LogP) is 2.60. The lowest BCUT2D eigenvalue weighted by molar-refractivity contribution is 0.0730. The number of ether oxygens (including phenoxy) is 1. The summed E-state index contributed by atoms with van der Waals surface area (Å²) in [5.74, 6) is -0.330. The largest absolute Gasteiger partial charge is 0.379 e. The van der Waals surface area contributed by atoms with E-state index in [4.69, 9.17) is 16.3 Å². The summed E-state index contributed by atoms with van der Waals surface area (Å²) < 4.78 is 32.5. The average Bonchev–Trinajstić information content (AvgIpc) is 2.68. The summed E-state index contributed by atoms with van der Waals surface area (Å²) >= 11 is 5.85. The summed E-state index contributed by atoms with van der Waals surface area (Å²) in [4.78, 5) is 12.6. The van der Waals surface area contributed by atoms with Crippen LogP contribution < -0.4 is 5.32 Å². The molecule has 0 unspecified atom stereocenters. The number of aryl methyl sites for hydroxylation is 1. The van der Waals surface area contributed by atoms with Crippen molar-refractivity contribution in [1.29, 1.82) is 0 Å². The van der Waals surface area contributed by atoms with Crippen LogP contribution in [0.4, 0.5) is 0 Å². The molecule has 0 aromatic heterocycles. The number of rotatable bonds is 5. The smallest absolute Gasteiger partial charge is 0.251 e. The molecule has 1 N–H and O–H groups in total. The van der Waals surface area contributed by atoms with Crippen molar-refractivity contribution in [1.82, 2.24) is 9.62 Å². The van der Waals surface area contributed by atoms with Gasteiger partial charge in [-0.25, -0.2) is 8.42 Å². The van der Waals surface area contributed by atoms with Gasteiger partial charge in [0.2, 0.25) is 10.0 Å². The molecule has 1 amide bonds. The van der Waals surface area contributed by atoms with Gasteiger partial charge in [0, 0.05) is 30.2 Å². The van der Waals surface area contributed by atoms with Crippen molar-refractivity contribution in [3.63, 3.8) is 0 Å². The Hall–Kier alpha value is -1.93. The SMILES string of the molecule is Cc1ccc(C(=O)NCc2ccc(Cl)cc2)cc1S(=O)(=O)N1CCOCC1. The highest BCUT2D eigenvalue weighted by Gasteiger charge is 2.28. The van der Waals surface area contributed by atoms with Crippen molar-refractivity contribution in [3.05, 3.63) is 64.2 Å². The van der Waals surface area contributed by atoms with Gasteiger partial charge in [-0.05, 0) is 42.3 Å².